The standard InChI is InChI=1S/C15H24N2O2/c1-4-12(9-10-18)16-15(19)17-14-8-6-5-7-13(14)11(2)3/h5-8,11-12,18H,4,9-10H2,1-3H3,(H2,16,17,19). The van der Waals surface area contributed by atoms with Crippen molar-refractivity contribution in [2.24, 2.45) is 0 Å². The van der Waals surface area contributed by atoms with E-state index in [-0.39, 0.29) is 18.7 Å². The van der Waals surface area contributed by atoms with Gasteiger partial charge >= 0.3 is 6.03 Å². The second kappa shape index (κ2) is 7.79. The van der Waals surface area contributed by atoms with Gasteiger partial charge in [0, 0.05) is 18.3 Å². The first kappa shape index (κ1) is 15.5. The number of hydrogen-bond donors (Lipinski definition) is 3. The molecule has 4 heteroatoms. The molecule has 0 saturated heterocycles. The second-order valence-electron chi connectivity index (χ2n) is 4.96. The van der Waals surface area contributed by atoms with Crippen LogP contribution in [-0.4, -0.2) is 23.8 Å². The first-order chi connectivity index (χ1) is 9.08. The topological polar surface area (TPSA) is 61.4 Å². The molecule has 19 heavy (non-hydrogen) atoms. The molecule has 106 valence electrons. The number of amides is 2. The van der Waals surface area contributed by atoms with E-state index < -0.39 is 0 Å². The van der Waals surface area contributed by atoms with Crippen molar-refractivity contribution in [3.8, 4) is 0 Å². The van der Waals surface area contributed by atoms with Crippen LogP contribution in [0, 0.1) is 0 Å². The summed E-state index contributed by atoms with van der Waals surface area (Å²) in [5.41, 5.74) is 1.96. The number of aliphatic hydroxyl groups excluding tert-OH is 1. The molecule has 1 aromatic rings. The lowest BCUT2D eigenvalue weighted by Crippen LogP contribution is -2.38. The molecule has 0 heterocycles. The Morgan fingerprint density at radius 2 is 2.00 bits per heavy atom. The van der Waals surface area contributed by atoms with E-state index in [1.165, 1.54) is 0 Å². The maximum absolute atomic E-state index is 11.9. The lowest BCUT2D eigenvalue weighted by Gasteiger charge is -2.18. The van der Waals surface area contributed by atoms with Gasteiger partial charge in [0.2, 0.25) is 0 Å². The molecule has 3 N–H and O–H groups in total. The average Bonchev–Trinajstić information content (AvgIpc) is 2.38. The molecular formula is C15H24N2O2. The second-order valence-corrected chi connectivity index (χ2v) is 4.96. The first-order valence-corrected chi connectivity index (χ1v) is 6.85. The number of para-hydroxylation sites is 1. The number of carbonyl (C=O) groups is 1. The number of aliphatic hydroxyl groups is 1. The summed E-state index contributed by atoms with van der Waals surface area (Å²) in [6, 6.07) is 7.60. The van der Waals surface area contributed by atoms with Crippen molar-refractivity contribution in [3.05, 3.63) is 29.8 Å². The highest BCUT2D eigenvalue weighted by Crippen LogP contribution is 2.23. The minimum atomic E-state index is -0.214. The van der Waals surface area contributed by atoms with E-state index in [1.807, 2.05) is 31.2 Å². The molecule has 0 fully saturated rings. The van der Waals surface area contributed by atoms with Crippen molar-refractivity contribution < 1.29 is 9.90 Å². The van der Waals surface area contributed by atoms with Crippen LogP contribution in [-0.2, 0) is 0 Å². The Morgan fingerprint density at radius 3 is 2.58 bits per heavy atom. The molecule has 0 aliphatic carbocycles. The summed E-state index contributed by atoms with van der Waals surface area (Å²) in [4.78, 5) is 11.9. The van der Waals surface area contributed by atoms with Gasteiger partial charge in [0.1, 0.15) is 0 Å². The maximum Gasteiger partial charge on any atom is 0.319 e. The molecule has 0 spiro atoms. The highest BCUT2D eigenvalue weighted by Gasteiger charge is 2.12. The molecule has 1 rings (SSSR count). The highest BCUT2D eigenvalue weighted by molar-refractivity contribution is 5.90. The van der Waals surface area contributed by atoms with Crippen molar-refractivity contribution in [3.63, 3.8) is 0 Å². The lowest BCUT2D eigenvalue weighted by molar-refractivity contribution is 0.237. The third kappa shape index (κ3) is 4.91. The molecule has 0 aromatic heterocycles. The quantitative estimate of drug-likeness (QED) is 0.739. The fourth-order valence-electron chi connectivity index (χ4n) is 1.99. The Kier molecular flexibility index (Phi) is 6.36. The molecule has 0 radical (unpaired) electrons. The Hall–Kier alpha value is -1.55. The van der Waals surface area contributed by atoms with Crippen LogP contribution >= 0.6 is 0 Å². The van der Waals surface area contributed by atoms with Gasteiger partial charge in [0.05, 0.1) is 0 Å². The largest absolute Gasteiger partial charge is 0.396 e. The first-order valence-electron chi connectivity index (χ1n) is 6.85. The van der Waals surface area contributed by atoms with E-state index in [2.05, 4.69) is 24.5 Å². The van der Waals surface area contributed by atoms with Gasteiger partial charge in [-0.3, -0.25) is 0 Å². The van der Waals surface area contributed by atoms with Crippen LogP contribution in [0.1, 0.15) is 45.1 Å². The Morgan fingerprint density at radius 1 is 1.32 bits per heavy atom. The number of benzene rings is 1. The summed E-state index contributed by atoms with van der Waals surface area (Å²) in [5, 5.41) is 14.7. The molecule has 1 unspecified atom stereocenters. The normalized spacial score (nSPS) is 12.3. The fourth-order valence-corrected chi connectivity index (χ4v) is 1.99. The zero-order valence-corrected chi connectivity index (χ0v) is 11.9. The molecule has 4 nitrogen and oxygen atoms in total. The average molecular weight is 264 g/mol. The number of anilines is 1. The lowest BCUT2D eigenvalue weighted by atomic mass is 10.0. The number of hydrogen-bond acceptors (Lipinski definition) is 2. The van der Waals surface area contributed by atoms with Gasteiger partial charge in [0.25, 0.3) is 0 Å². The zero-order chi connectivity index (χ0) is 14.3. The van der Waals surface area contributed by atoms with Crippen LogP contribution in [0.2, 0.25) is 0 Å². The smallest absolute Gasteiger partial charge is 0.319 e. The van der Waals surface area contributed by atoms with Crippen LogP contribution in [0.3, 0.4) is 0 Å². The molecule has 0 saturated carbocycles. The summed E-state index contributed by atoms with van der Waals surface area (Å²) in [6.45, 7) is 6.27. The van der Waals surface area contributed by atoms with Crippen molar-refractivity contribution in [2.45, 2.75) is 45.6 Å². The molecule has 0 bridgehead atoms. The Bertz CT molecular complexity index is 405. The van der Waals surface area contributed by atoms with Gasteiger partial charge in [-0.1, -0.05) is 39.0 Å². The van der Waals surface area contributed by atoms with Gasteiger partial charge in [-0.15, -0.1) is 0 Å². The molecule has 1 atom stereocenters. The maximum atomic E-state index is 11.9. The number of carbonyl (C=O) groups excluding carboxylic acids is 1. The monoisotopic (exact) mass is 264 g/mol. The number of rotatable bonds is 6. The third-order valence-corrected chi connectivity index (χ3v) is 3.14. The van der Waals surface area contributed by atoms with E-state index in [1.54, 1.807) is 0 Å². The minimum Gasteiger partial charge on any atom is -0.396 e. The van der Waals surface area contributed by atoms with Gasteiger partial charge < -0.3 is 15.7 Å². The van der Waals surface area contributed by atoms with Crippen LogP contribution in [0.4, 0.5) is 10.5 Å². The summed E-state index contributed by atoms with van der Waals surface area (Å²) < 4.78 is 0. The highest BCUT2D eigenvalue weighted by atomic mass is 16.3. The van der Waals surface area contributed by atoms with Crippen molar-refractivity contribution >= 4 is 11.7 Å². The van der Waals surface area contributed by atoms with Gasteiger partial charge in [-0.25, -0.2) is 4.79 Å². The molecule has 0 aliphatic heterocycles. The summed E-state index contributed by atoms with van der Waals surface area (Å²) in [5.74, 6) is 0.357. The molecule has 1 aromatic carbocycles. The summed E-state index contributed by atoms with van der Waals surface area (Å²) in [6.07, 6.45) is 1.38. The number of nitrogens with one attached hydrogen (secondary N) is 2. The van der Waals surface area contributed by atoms with Crippen LogP contribution in [0.5, 0.6) is 0 Å². The molecule has 2 amide bonds. The van der Waals surface area contributed by atoms with Gasteiger partial charge in [0.15, 0.2) is 0 Å². The van der Waals surface area contributed by atoms with E-state index in [0.717, 1.165) is 17.7 Å². The number of urea groups is 1. The van der Waals surface area contributed by atoms with E-state index in [4.69, 9.17) is 5.11 Å². The summed E-state index contributed by atoms with van der Waals surface area (Å²) >= 11 is 0. The third-order valence-electron chi connectivity index (χ3n) is 3.14. The Balaban J connectivity index is 2.66. The van der Waals surface area contributed by atoms with Crippen LogP contribution < -0.4 is 10.6 Å². The Labute approximate surface area is 115 Å². The van der Waals surface area contributed by atoms with Crippen LogP contribution in [0.25, 0.3) is 0 Å². The van der Waals surface area contributed by atoms with Crippen molar-refractivity contribution in [1.82, 2.24) is 5.32 Å². The van der Waals surface area contributed by atoms with Gasteiger partial charge in [-0.05, 0) is 30.4 Å². The molecule has 0 aliphatic rings. The van der Waals surface area contributed by atoms with E-state index in [0.29, 0.717) is 12.3 Å². The zero-order valence-electron chi connectivity index (χ0n) is 11.9. The molecular weight excluding hydrogens is 240 g/mol. The van der Waals surface area contributed by atoms with E-state index >= 15 is 0 Å². The predicted molar refractivity (Wildman–Crippen MR) is 78.5 cm³/mol. The predicted octanol–water partition coefficient (Wildman–Crippen LogP) is 3.09. The SMILES string of the molecule is CCC(CCO)NC(=O)Nc1ccccc1C(C)C. The van der Waals surface area contributed by atoms with E-state index in [9.17, 15) is 4.79 Å². The summed E-state index contributed by atoms with van der Waals surface area (Å²) in [7, 11) is 0. The van der Waals surface area contributed by atoms with Crippen LogP contribution in [0.15, 0.2) is 24.3 Å². The minimum absolute atomic E-state index is 0.0104. The van der Waals surface area contributed by atoms with Crippen molar-refractivity contribution in [2.75, 3.05) is 11.9 Å². The van der Waals surface area contributed by atoms with Crippen molar-refractivity contribution in [1.29, 1.82) is 0 Å². The van der Waals surface area contributed by atoms with Gasteiger partial charge in [-0.2, -0.15) is 0 Å². The fraction of sp³-hybridized carbons (Fsp3) is 0.533.